The van der Waals surface area contributed by atoms with Crippen molar-refractivity contribution >= 4 is 11.3 Å². The van der Waals surface area contributed by atoms with Crippen LogP contribution in [0.1, 0.15) is 36.3 Å². The van der Waals surface area contributed by atoms with Crippen molar-refractivity contribution < 1.29 is 4.74 Å². The largest absolute Gasteiger partial charge is 0.378 e. The first kappa shape index (κ1) is 13.6. The van der Waals surface area contributed by atoms with Crippen molar-refractivity contribution in [2.24, 2.45) is 5.41 Å². The maximum absolute atomic E-state index is 5.17. The average molecular weight is 242 g/mol. The minimum absolute atomic E-state index is 0.291. The number of nitrogens with one attached hydrogen (secondary N) is 1. The van der Waals surface area contributed by atoms with Crippen LogP contribution in [-0.2, 0) is 24.3 Å². The molecule has 0 bridgehead atoms. The van der Waals surface area contributed by atoms with Gasteiger partial charge in [-0.2, -0.15) is 0 Å². The Morgan fingerprint density at radius 1 is 1.38 bits per heavy atom. The summed E-state index contributed by atoms with van der Waals surface area (Å²) in [4.78, 5) is 5.95. The van der Waals surface area contributed by atoms with Crippen LogP contribution >= 0.6 is 11.3 Å². The third-order valence-electron chi connectivity index (χ3n) is 2.12. The van der Waals surface area contributed by atoms with E-state index in [1.54, 1.807) is 18.4 Å². The molecule has 92 valence electrons. The molecule has 1 aromatic heterocycles. The van der Waals surface area contributed by atoms with E-state index in [4.69, 9.17) is 4.74 Å². The third-order valence-corrected chi connectivity index (χ3v) is 3.22. The van der Waals surface area contributed by atoms with Crippen LogP contribution in [0.2, 0.25) is 0 Å². The third kappa shape index (κ3) is 4.20. The molecule has 0 radical (unpaired) electrons. The van der Waals surface area contributed by atoms with Gasteiger partial charge in [0.2, 0.25) is 0 Å². The Morgan fingerprint density at radius 3 is 2.56 bits per heavy atom. The second kappa shape index (κ2) is 5.75. The van der Waals surface area contributed by atoms with Gasteiger partial charge in [-0.1, -0.05) is 20.8 Å². The molecule has 1 rings (SSSR count). The van der Waals surface area contributed by atoms with Crippen LogP contribution in [0.25, 0.3) is 0 Å². The van der Waals surface area contributed by atoms with Gasteiger partial charge in [-0.3, -0.25) is 0 Å². The number of rotatable bonds is 5. The van der Waals surface area contributed by atoms with Gasteiger partial charge in [0.1, 0.15) is 0 Å². The Labute approximate surface area is 102 Å². The highest BCUT2D eigenvalue weighted by Gasteiger charge is 2.17. The maximum Gasteiger partial charge on any atom is 0.0937 e. The van der Waals surface area contributed by atoms with Gasteiger partial charge in [0, 0.05) is 25.0 Å². The zero-order valence-electron chi connectivity index (χ0n) is 10.9. The fraction of sp³-hybridized carbons (Fsp3) is 0.750. The van der Waals surface area contributed by atoms with Gasteiger partial charge in [0.15, 0.2) is 0 Å². The van der Waals surface area contributed by atoms with Crippen LogP contribution in [0.4, 0.5) is 0 Å². The highest BCUT2D eigenvalue weighted by molar-refractivity contribution is 7.11. The van der Waals surface area contributed by atoms with Gasteiger partial charge in [-0.05, 0) is 12.5 Å². The molecule has 0 aliphatic rings. The summed E-state index contributed by atoms with van der Waals surface area (Å²) in [6.07, 6.45) is 1.03. The van der Waals surface area contributed by atoms with Crippen molar-refractivity contribution in [3.8, 4) is 0 Å². The molecule has 1 aromatic rings. The van der Waals surface area contributed by atoms with Crippen molar-refractivity contribution in [3.05, 3.63) is 15.6 Å². The minimum Gasteiger partial charge on any atom is -0.378 e. The molecule has 0 saturated heterocycles. The Morgan fingerprint density at radius 2 is 2.06 bits per heavy atom. The van der Waals surface area contributed by atoms with E-state index in [0.29, 0.717) is 12.0 Å². The molecule has 1 N–H and O–H groups in total. The fourth-order valence-corrected chi connectivity index (χ4v) is 2.90. The summed E-state index contributed by atoms with van der Waals surface area (Å²) in [5, 5.41) is 4.39. The average Bonchev–Trinajstić information content (AvgIpc) is 2.46. The second-order valence-electron chi connectivity index (χ2n) is 5.18. The molecule has 0 aliphatic heterocycles. The first-order valence-corrected chi connectivity index (χ1v) is 6.39. The quantitative estimate of drug-likeness (QED) is 0.862. The highest BCUT2D eigenvalue weighted by Crippen LogP contribution is 2.26. The highest BCUT2D eigenvalue weighted by atomic mass is 32.1. The van der Waals surface area contributed by atoms with E-state index in [0.717, 1.165) is 18.7 Å². The summed E-state index contributed by atoms with van der Waals surface area (Å²) in [6.45, 7) is 8.20. The minimum atomic E-state index is 0.291. The van der Waals surface area contributed by atoms with Gasteiger partial charge in [-0.25, -0.2) is 4.98 Å². The number of ether oxygens (including phenoxy) is 1. The SMILES string of the molecule is CNCc1sc(CC(C)(C)C)nc1COC. The van der Waals surface area contributed by atoms with Crippen LogP contribution in [0, 0.1) is 5.41 Å². The second-order valence-corrected chi connectivity index (χ2v) is 6.35. The number of hydrogen-bond acceptors (Lipinski definition) is 4. The smallest absolute Gasteiger partial charge is 0.0937 e. The predicted octanol–water partition coefficient (Wildman–Crippen LogP) is 2.60. The van der Waals surface area contributed by atoms with E-state index < -0.39 is 0 Å². The van der Waals surface area contributed by atoms with Crippen LogP contribution in [0.15, 0.2) is 0 Å². The Balaban J connectivity index is 2.83. The molecular weight excluding hydrogens is 220 g/mol. The van der Waals surface area contributed by atoms with E-state index >= 15 is 0 Å². The summed E-state index contributed by atoms with van der Waals surface area (Å²) >= 11 is 1.80. The molecule has 0 saturated carbocycles. The molecular formula is C12H22N2OS. The molecule has 3 nitrogen and oxygen atoms in total. The zero-order chi connectivity index (χ0) is 12.2. The molecule has 4 heteroatoms. The lowest BCUT2D eigenvalue weighted by molar-refractivity contribution is 0.181. The molecule has 1 heterocycles. The van der Waals surface area contributed by atoms with Crippen LogP contribution < -0.4 is 5.32 Å². The summed E-state index contributed by atoms with van der Waals surface area (Å²) in [6, 6.07) is 0. The standard InChI is InChI=1S/C12H22N2OS/c1-12(2,3)6-11-14-9(8-15-5)10(16-11)7-13-4/h13H,6-8H2,1-5H3. The first-order chi connectivity index (χ1) is 7.46. The summed E-state index contributed by atoms with van der Waals surface area (Å²) in [5.41, 5.74) is 1.38. The number of aromatic nitrogens is 1. The van der Waals surface area contributed by atoms with E-state index in [1.165, 1.54) is 9.88 Å². The Hall–Kier alpha value is -0.450. The fourth-order valence-electron chi connectivity index (χ4n) is 1.51. The normalized spacial score (nSPS) is 12.1. The van der Waals surface area contributed by atoms with Crippen molar-refractivity contribution in [1.29, 1.82) is 0 Å². The lowest BCUT2D eigenvalue weighted by atomic mass is 9.93. The maximum atomic E-state index is 5.17. The van der Waals surface area contributed by atoms with Crippen molar-refractivity contribution in [1.82, 2.24) is 10.3 Å². The number of thiazole rings is 1. The number of hydrogen-bond donors (Lipinski definition) is 1. The predicted molar refractivity (Wildman–Crippen MR) is 68.7 cm³/mol. The lowest BCUT2D eigenvalue weighted by Gasteiger charge is -2.15. The summed E-state index contributed by atoms with van der Waals surface area (Å²) in [7, 11) is 3.67. The van der Waals surface area contributed by atoms with E-state index in [9.17, 15) is 0 Å². The molecule has 0 aromatic carbocycles. The summed E-state index contributed by atoms with van der Waals surface area (Å²) < 4.78 is 5.17. The van der Waals surface area contributed by atoms with Crippen molar-refractivity contribution in [3.63, 3.8) is 0 Å². The van der Waals surface area contributed by atoms with Gasteiger partial charge >= 0.3 is 0 Å². The molecule has 0 unspecified atom stereocenters. The van der Waals surface area contributed by atoms with Crippen molar-refractivity contribution in [2.75, 3.05) is 14.2 Å². The van der Waals surface area contributed by atoms with E-state index in [-0.39, 0.29) is 0 Å². The molecule has 16 heavy (non-hydrogen) atoms. The topological polar surface area (TPSA) is 34.2 Å². The van der Waals surface area contributed by atoms with E-state index in [2.05, 4.69) is 31.1 Å². The van der Waals surface area contributed by atoms with Gasteiger partial charge < -0.3 is 10.1 Å². The zero-order valence-corrected chi connectivity index (χ0v) is 11.7. The molecule has 0 fully saturated rings. The lowest BCUT2D eigenvalue weighted by Crippen LogP contribution is -2.08. The number of nitrogens with zero attached hydrogens (tertiary/aromatic N) is 1. The Bertz CT molecular complexity index is 305. The van der Waals surface area contributed by atoms with Crippen LogP contribution in [0.5, 0.6) is 0 Å². The first-order valence-electron chi connectivity index (χ1n) is 5.57. The van der Waals surface area contributed by atoms with Crippen LogP contribution in [-0.4, -0.2) is 19.1 Å². The Kier molecular flexibility index (Phi) is 4.89. The molecule has 0 aliphatic carbocycles. The van der Waals surface area contributed by atoms with E-state index in [1.807, 2.05) is 7.05 Å². The summed E-state index contributed by atoms with van der Waals surface area (Å²) in [5.74, 6) is 0. The molecule has 0 spiro atoms. The molecule has 0 atom stereocenters. The monoisotopic (exact) mass is 242 g/mol. The van der Waals surface area contributed by atoms with Crippen molar-refractivity contribution in [2.45, 2.75) is 40.3 Å². The van der Waals surface area contributed by atoms with Gasteiger partial charge in [0.25, 0.3) is 0 Å². The number of methoxy groups -OCH3 is 1. The van der Waals surface area contributed by atoms with Gasteiger partial charge in [-0.15, -0.1) is 11.3 Å². The van der Waals surface area contributed by atoms with Crippen LogP contribution in [0.3, 0.4) is 0 Å². The van der Waals surface area contributed by atoms with Gasteiger partial charge in [0.05, 0.1) is 17.3 Å². The molecule has 0 amide bonds.